The Morgan fingerprint density at radius 1 is 1.19 bits per heavy atom. The van der Waals surface area contributed by atoms with Gasteiger partial charge in [-0.15, -0.1) is 0 Å². The van der Waals surface area contributed by atoms with Crippen LogP contribution in [0.15, 0.2) is 64.1 Å². The lowest BCUT2D eigenvalue weighted by atomic mass is 10.1. The number of halogens is 1. The van der Waals surface area contributed by atoms with Gasteiger partial charge in [-0.05, 0) is 66.9 Å². The summed E-state index contributed by atoms with van der Waals surface area (Å²) in [5.41, 5.74) is 3.56. The lowest BCUT2D eigenvalue weighted by molar-refractivity contribution is -0.113. The molecular weight excluding hydrogens is 454 g/mol. The lowest BCUT2D eigenvalue weighted by Gasteiger charge is -2.18. The van der Waals surface area contributed by atoms with E-state index >= 15 is 0 Å². The highest BCUT2D eigenvalue weighted by Crippen LogP contribution is 2.38. The van der Waals surface area contributed by atoms with E-state index in [0.717, 1.165) is 16.8 Å². The van der Waals surface area contributed by atoms with Crippen LogP contribution in [0, 0.1) is 13.8 Å². The first kappa shape index (κ1) is 21.4. The van der Waals surface area contributed by atoms with Crippen molar-refractivity contribution in [2.24, 2.45) is 0 Å². The van der Waals surface area contributed by atoms with Gasteiger partial charge in [0.2, 0.25) is 5.76 Å². The molecule has 8 heteroatoms. The summed E-state index contributed by atoms with van der Waals surface area (Å²) in [6, 6.07) is 13.8. The van der Waals surface area contributed by atoms with Crippen LogP contribution in [0.25, 0.3) is 6.08 Å². The highest BCUT2D eigenvalue weighted by atomic mass is 35.5. The number of benzene rings is 2. The zero-order valence-corrected chi connectivity index (χ0v) is 18.9. The van der Waals surface area contributed by atoms with Crippen molar-refractivity contribution in [3.05, 3.63) is 87.2 Å². The normalized spacial score (nSPS) is 15.1. The Kier molecular flexibility index (Phi) is 6.00. The molecule has 1 aliphatic heterocycles. The maximum Gasteiger partial charge on any atom is 0.379 e. The van der Waals surface area contributed by atoms with Gasteiger partial charge in [0.05, 0.1) is 21.9 Å². The van der Waals surface area contributed by atoms with Gasteiger partial charge in [-0.25, -0.2) is 4.79 Å². The number of thiocarbonyl (C=S) groups is 1. The Morgan fingerprint density at radius 3 is 2.71 bits per heavy atom. The minimum absolute atomic E-state index is 0.0789. The number of anilines is 1. The number of aryl methyl sites for hydroxylation is 1. The maximum atomic E-state index is 13.0. The molecule has 31 heavy (non-hydrogen) atoms. The van der Waals surface area contributed by atoms with E-state index < -0.39 is 5.97 Å². The van der Waals surface area contributed by atoms with Crippen molar-refractivity contribution in [2.75, 3.05) is 4.90 Å². The molecule has 1 saturated heterocycles. The number of esters is 1. The number of hydrogen-bond acceptors (Lipinski definition) is 6. The van der Waals surface area contributed by atoms with Gasteiger partial charge in [-0.1, -0.05) is 53.8 Å². The Morgan fingerprint density at radius 2 is 2.00 bits per heavy atom. The van der Waals surface area contributed by atoms with Crippen LogP contribution in [-0.2, 0) is 4.79 Å². The molecular formula is C23H16ClNO4S2. The summed E-state index contributed by atoms with van der Waals surface area (Å²) in [6.45, 7) is 3.96. The molecule has 1 aromatic heterocycles. The van der Waals surface area contributed by atoms with E-state index in [1.807, 2.05) is 32.0 Å². The summed E-state index contributed by atoms with van der Waals surface area (Å²) < 4.78 is 10.8. The molecule has 1 fully saturated rings. The van der Waals surface area contributed by atoms with Crippen LogP contribution >= 0.6 is 35.6 Å². The average molecular weight is 470 g/mol. The second-order valence-corrected chi connectivity index (χ2v) is 8.88. The van der Waals surface area contributed by atoms with Crippen molar-refractivity contribution in [3.63, 3.8) is 0 Å². The van der Waals surface area contributed by atoms with Crippen LogP contribution in [0.4, 0.5) is 5.69 Å². The van der Waals surface area contributed by atoms with Crippen LogP contribution in [0.5, 0.6) is 5.75 Å². The number of ether oxygens (including phenoxy) is 1. The molecule has 1 aliphatic rings. The van der Waals surface area contributed by atoms with E-state index in [4.69, 9.17) is 33.0 Å². The van der Waals surface area contributed by atoms with Gasteiger partial charge in [-0.2, -0.15) is 0 Å². The largest absolute Gasteiger partial charge is 0.457 e. The predicted octanol–water partition coefficient (Wildman–Crippen LogP) is 6.17. The molecule has 0 saturated carbocycles. The van der Waals surface area contributed by atoms with Gasteiger partial charge in [0, 0.05) is 0 Å². The second kappa shape index (κ2) is 8.70. The quantitative estimate of drug-likeness (QED) is 0.197. The molecule has 0 radical (unpaired) electrons. The number of carbonyl (C=O) groups excluding carboxylic acids is 2. The minimum atomic E-state index is -0.644. The first-order valence-corrected chi connectivity index (χ1v) is 10.8. The molecule has 0 bridgehead atoms. The third kappa shape index (κ3) is 4.30. The Hall–Kier alpha value is -2.87. The van der Waals surface area contributed by atoms with E-state index in [1.165, 1.54) is 24.1 Å². The SMILES string of the molecule is Cc1cccc(N2C(=O)C(=Cc3ccc(OC(=O)c4ccco4)c(Cl)c3)SC2=S)c1C. The monoisotopic (exact) mass is 469 g/mol. The summed E-state index contributed by atoms with van der Waals surface area (Å²) in [6.07, 6.45) is 3.10. The van der Waals surface area contributed by atoms with Gasteiger partial charge < -0.3 is 9.15 Å². The fraction of sp³-hybridized carbons (Fsp3) is 0.0870. The summed E-state index contributed by atoms with van der Waals surface area (Å²) >= 11 is 13.0. The first-order chi connectivity index (χ1) is 14.8. The predicted molar refractivity (Wildman–Crippen MR) is 127 cm³/mol. The number of hydrogen-bond donors (Lipinski definition) is 0. The number of nitrogens with zero attached hydrogens (tertiary/aromatic N) is 1. The van der Waals surface area contributed by atoms with Gasteiger partial charge in [0.1, 0.15) is 5.75 Å². The van der Waals surface area contributed by atoms with Crippen LogP contribution in [0.3, 0.4) is 0 Å². The molecule has 1 amide bonds. The first-order valence-electron chi connectivity index (χ1n) is 9.24. The van der Waals surface area contributed by atoms with E-state index in [1.54, 1.807) is 35.2 Å². The molecule has 0 aliphatic carbocycles. The summed E-state index contributed by atoms with van der Waals surface area (Å²) in [5, 5.41) is 0.235. The highest BCUT2D eigenvalue weighted by Gasteiger charge is 2.34. The van der Waals surface area contributed by atoms with E-state index in [9.17, 15) is 9.59 Å². The summed E-state index contributed by atoms with van der Waals surface area (Å²) in [5.74, 6) is -0.555. The Bertz CT molecular complexity index is 1230. The third-order valence-corrected chi connectivity index (χ3v) is 6.39. The molecule has 3 aromatic rings. The molecule has 0 N–H and O–H groups in total. The van der Waals surface area contributed by atoms with Crippen molar-refractivity contribution in [1.82, 2.24) is 0 Å². The standard InChI is InChI=1S/C23H16ClNO4S2/c1-13-5-3-6-17(14(13)2)25-21(26)20(31-23(25)30)12-15-8-9-18(16(24)11-15)29-22(27)19-7-4-10-28-19/h3-12H,1-2H3. The van der Waals surface area contributed by atoms with Crippen molar-refractivity contribution in [2.45, 2.75) is 13.8 Å². The molecule has 0 atom stereocenters. The topological polar surface area (TPSA) is 59.8 Å². The second-order valence-electron chi connectivity index (χ2n) is 6.79. The fourth-order valence-corrected chi connectivity index (χ4v) is 4.55. The van der Waals surface area contributed by atoms with Crippen LogP contribution in [0.2, 0.25) is 5.02 Å². The Balaban J connectivity index is 1.57. The third-order valence-electron chi connectivity index (χ3n) is 4.79. The number of thioether (sulfide) groups is 1. The fourth-order valence-electron chi connectivity index (χ4n) is 3.04. The maximum absolute atomic E-state index is 13.0. The lowest BCUT2D eigenvalue weighted by Crippen LogP contribution is -2.28. The molecule has 4 rings (SSSR count). The van der Waals surface area contributed by atoms with Gasteiger partial charge in [-0.3, -0.25) is 9.69 Å². The molecule has 0 spiro atoms. The molecule has 156 valence electrons. The van der Waals surface area contributed by atoms with Crippen LogP contribution < -0.4 is 9.64 Å². The molecule has 5 nitrogen and oxygen atoms in total. The Labute approximate surface area is 193 Å². The molecule has 0 unspecified atom stereocenters. The van der Waals surface area contributed by atoms with Gasteiger partial charge in [0.25, 0.3) is 5.91 Å². The van der Waals surface area contributed by atoms with Crippen molar-refractivity contribution in [1.29, 1.82) is 0 Å². The zero-order valence-electron chi connectivity index (χ0n) is 16.5. The minimum Gasteiger partial charge on any atom is -0.457 e. The van der Waals surface area contributed by atoms with E-state index in [2.05, 4.69) is 0 Å². The smallest absolute Gasteiger partial charge is 0.379 e. The number of carbonyl (C=O) groups is 2. The van der Waals surface area contributed by atoms with E-state index in [0.29, 0.717) is 14.8 Å². The zero-order chi connectivity index (χ0) is 22.1. The molecule has 2 heterocycles. The van der Waals surface area contributed by atoms with Crippen LogP contribution in [-0.4, -0.2) is 16.2 Å². The summed E-state index contributed by atoms with van der Waals surface area (Å²) in [7, 11) is 0. The van der Waals surface area contributed by atoms with E-state index in [-0.39, 0.29) is 22.4 Å². The summed E-state index contributed by atoms with van der Waals surface area (Å²) in [4.78, 5) is 27.1. The van der Waals surface area contributed by atoms with Crippen molar-refractivity contribution >= 4 is 63.5 Å². The number of amides is 1. The van der Waals surface area contributed by atoms with Crippen LogP contribution in [0.1, 0.15) is 27.2 Å². The van der Waals surface area contributed by atoms with Gasteiger partial charge in [0.15, 0.2) is 4.32 Å². The number of rotatable bonds is 4. The number of furan rings is 1. The molecule has 2 aromatic carbocycles. The van der Waals surface area contributed by atoms with Crippen molar-refractivity contribution < 1.29 is 18.7 Å². The highest BCUT2D eigenvalue weighted by molar-refractivity contribution is 8.27. The average Bonchev–Trinajstić information content (AvgIpc) is 3.36. The van der Waals surface area contributed by atoms with Crippen molar-refractivity contribution in [3.8, 4) is 5.75 Å². The van der Waals surface area contributed by atoms with Gasteiger partial charge >= 0.3 is 5.97 Å².